The molecule has 3 rings (SSSR count). The molecule has 0 heterocycles. The first-order chi connectivity index (χ1) is 18.0. The van der Waals surface area contributed by atoms with Crippen LogP contribution >= 0.6 is 11.6 Å². The van der Waals surface area contributed by atoms with Crippen molar-refractivity contribution < 1.29 is 18.0 Å². The predicted molar refractivity (Wildman–Crippen MR) is 151 cm³/mol. The van der Waals surface area contributed by atoms with E-state index in [1.165, 1.54) is 23.1 Å². The normalized spacial score (nSPS) is 12.2. The van der Waals surface area contributed by atoms with Gasteiger partial charge in [0.1, 0.15) is 12.6 Å². The molecule has 0 aliphatic rings. The van der Waals surface area contributed by atoms with Gasteiger partial charge >= 0.3 is 0 Å². The Hall–Kier alpha value is -3.36. The topological polar surface area (TPSA) is 86.8 Å². The largest absolute Gasteiger partial charge is 0.354 e. The minimum Gasteiger partial charge on any atom is -0.354 e. The summed E-state index contributed by atoms with van der Waals surface area (Å²) in [5.41, 5.74) is 2.14. The summed E-state index contributed by atoms with van der Waals surface area (Å²) in [7, 11) is -4.12. The van der Waals surface area contributed by atoms with E-state index in [1.807, 2.05) is 45.0 Å². The maximum Gasteiger partial charge on any atom is 0.264 e. The first-order valence-corrected chi connectivity index (χ1v) is 14.3. The van der Waals surface area contributed by atoms with E-state index in [0.717, 1.165) is 15.4 Å². The Kier molecular flexibility index (Phi) is 9.94. The second-order valence-corrected chi connectivity index (χ2v) is 11.9. The SMILES string of the molecule is Cc1ccc(CN(C(=O)CN(c2cccc(Cl)c2)S(=O)(=O)c2ccccc2)[C@@H](C)C(=O)NCC(C)C)cc1. The summed E-state index contributed by atoms with van der Waals surface area (Å²) in [5.74, 6) is -0.585. The molecule has 0 aliphatic heterocycles. The van der Waals surface area contributed by atoms with Gasteiger partial charge in [-0.15, -0.1) is 0 Å². The summed E-state index contributed by atoms with van der Waals surface area (Å²) >= 11 is 6.19. The highest BCUT2D eigenvalue weighted by Gasteiger charge is 2.32. The van der Waals surface area contributed by atoms with E-state index in [-0.39, 0.29) is 29.0 Å². The molecule has 38 heavy (non-hydrogen) atoms. The number of amides is 2. The number of nitrogens with one attached hydrogen (secondary N) is 1. The molecule has 202 valence electrons. The fraction of sp³-hybridized carbons (Fsp3) is 0.310. The van der Waals surface area contributed by atoms with Crippen molar-refractivity contribution >= 4 is 39.1 Å². The van der Waals surface area contributed by atoms with E-state index in [1.54, 1.807) is 43.3 Å². The standard InChI is InChI=1S/C29H34ClN3O4S/c1-21(2)18-31-29(35)23(4)32(19-24-15-13-22(3)14-16-24)28(34)20-33(26-10-8-9-25(30)17-26)38(36,37)27-11-6-5-7-12-27/h5-17,21,23H,18-20H2,1-4H3,(H,31,35)/t23-/m0/s1. The first-order valence-electron chi connectivity index (χ1n) is 12.4. The molecule has 1 atom stereocenters. The highest BCUT2D eigenvalue weighted by atomic mass is 35.5. The molecule has 0 aromatic heterocycles. The minimum atomic E-state index is -4.12. The van der Waals surface area contributed by atoms with E-state index in [4.69, 9.17) is 11.6 Å². The third-order valence-corrected chi connectivity index (χ3v) is 8.05. The third-order valence-electron chi connectivity index (χ3n) is 6.03. The van der Waals surface area contributed by atoms with Crippen molar-refractivity contribution in [1.82, 2.24) is 10.2 Å². The molecule has 0 aliphatic carbocycles. The molecule has 0 saturated heterocycles. The van der Waals surface area contributed by atoms with Crippen LogP contribution in [0.1, 0.15) is 31.9 Å². The van der Waals surface area contributed by atoms with Crippen molar-refractivity contribution in [2.24, 2.45) is 5.92 Å². The number of anilines is 1. The van der Waals surface area contributed by atoms with Crippen LogP contribution in [0.2, 0.25) is 5.02 Å². The molecular weight excluding hydrogens is 522 g/mol. The Morgan fingerprint density at radius 1 is 0.921 bits per heavy atom. The second-order valence-electron chi connectivity index (χ2n) is 9.63. The van der Waals surface area contributed by atoms with Crippen LogP contribution in [0.3, 0.4) is 0 Å². The molecule has 0 radical (unpaired) electrons. The molecule has 7 nitrogen and oxygen atoms in total. The van der Waals surface area contributed by atoms with Gasteiger partial charge in [-0.2, -0.15) is 0 Å². The van der Waals surface area contributed by atoms with Gasteiger partial charge in [-0.3, -0.25) is 13.9 Å². The van der Waals surface area contributed by atoms with Gasteiger partial charge in [-0.1, -0.05) is 79.5 Å². The number of carbonyl (C=O) groups is 2. The smallest absolute Gasteiger partial charge is 0.264 e. The zero-order valence-electron chi connectivity index (χ0n) is 22.1. The third kappa shape index (κ3) is 7.58. The van der Waals surface area contributed by atoms with Crippen LogP contribution in [-0.4, -0.2) is 44.3 Å². The van der Waals surface area contributed by atoms with E-state index >= 15 is 0 Å². The zero-order chi connectivity index (χ0) is 27.9. The van der Waals surface area contributed by atoms with Crippen LogP contribution in [0.5, 0.6) is 0 Å². The maximum absolute atomic E-state index is 13.9. The molecule has 9 heteroatoms. The number of hydrogen-bond acceptors (Lipinski definition) is 4. The lowest BCUT2D eigenvalue weighted by Gasteiger charge is -2.32. The summed E-state index contributed by atoms with van der Waals surface area (Å²) < 4.78 is 28.5. The Labute approximate surface area is 230 Å². The summed E-state index contributed by atoms with van der Waals surface area (Å²) in [6.07, 6.45) is 0. The number of carbonyl (C=O) groups excluding carboxylic acids is 2. The lowest BCUT2D eigenvalue weighted by molar-refractivity contribution is -0.139. The van der Waals surface area contributed by atoms with Crippen LogP contribution in [0.4, 0.5) is 5.69 Å². The fourth-order valence-corrected chi connectivity index (χ4v) is 5.42. The summed E-state index contributed by atoms with van der Waals surface area (Å²) in [6.45, 7) is 7.68. The van der Waals surface area contributed by atoms with E-state index in [0.29, 0.717) is 11.6 Å². The second kappa shape index (κ2) is 12.9. The monoisotopic (exact) mass is 555 g/mol. The predicted octanol–water partition coefficient (Wildman–Crippen LogP) is 5.03. The fourth-order valence-electron chi connectivity index (χ4n) is 3.80. The molecule has 0 spiro atoms. The van der Waals surface area contributed by atoms with Gasteiger partial charge < -0.3 is 10.2 Å². The molecule has 0 fully saturated rings. The molecule has 3 aromatic rings. The first kappa shape index (κ1) is 29.2. The van der Waals surface area contributed by atoms with Crippen molar-refractivity contribution in [1.29, 1.82) is 0 Å². The number of sulfonamides is 1. The number of nitrogens with zero attached hydrogens (tertiary/aromatic N) is 2. The van der Waals surface area contributed by atoms with Crippen molar-refractivity contribution in [3.05, 3.63) is 95.0 Å². The Balaban J connectivity index is 1.99. The van der Waals surface area contributed by atoms with Crippen molar-refractivity contribution in [2.45, 2.75) is 45.2 Å². The summed E-state index contributed by atoms with van der Waals surface area (Å²) in [5, 5.41) is 3.21. The van der Waals surface area contributed by atoms with Crippen LogP contribution in [0.15, 0.2) is 83.8 Å². The molecule has 0 saturated carbocycles. The van der Waals surface area contributed by atoms with Crippen molar-refractivity contribution in [3.8, 4) is 0 Å². The van der Waals surface area contributed by atoms with E-state index in [9.17, 15) is 18.0 Å². The molecular formula is C29H34ClN3O4S. The Bertz CT molecular complexity index is 1350. The number of aryl methyl sites for hydroxylation is 1. The van der Waals surface area contributed by atoms with E-state index in [2.05, 4.69) is 5.32 Å². The summed E-state index contributed by atoms with van der Waals surface area (Å²) in [4.78, 5) is 28.3. The lowest BCUT2D eigenvalue weighted by atomic mass is 10.1. The number of rotatable bonds is 11. The Morgan fingerprint density at radius 3 is 2.18 bits per heavy atom. The highest BCUT2D eigenvalue weighted by molar-refractivity contribution is 7.92. The van der Waals surface area contributed by atoms with Crippen molar-refractivity contribution in [2.75, 3.05) is 17.4 Å². The lowest BCUT2D eigenvalue weighted by Crippen LogP contribution is -2.51. The van der Waals surface area contributed by atoms with Crippen molar-refractivity contribution in [3.63, 3.8) is 0 Å². The molecule has 3 aromatic carbocycles. The van der Waals surface area contributed by atoms with Gasteiger partial charge in [-0.05, 0) is 55.7 Å². The van der Waals surface area contributed by atoms with Crippen LogP contribution < -0.4 is 9.62 Å². The average molecular weight is 556 g/mol. The molecule has 2 amide bonds. The minimum absolute atomic E-state index is 0.0422. The number of halogens is 1. The van der Waals surface area contributed by atoms with Gasteiger partial charge in [0, 0.05) is 18.1 Å². The van der Waals surface area contributed by atoms with Crippen LogP contribution in [-0.2, 0) is 26.2 Å². The van der Waals surface area contributed by atoms with Gasteiger partial charge in [0.05, 0.1) is 10.6 Å². The van der Waals surface area contributed by atoms with Crippen LogP contribution in [0, 0.1) is 12.8 Å². The van der Waals surface area contributed by atoms with Gasteiger partial charge in [0.2, 0.25) is 11.8 Å². The average Bonchev–Trinajstić information content (AvgIpc) is 2.89. The van der Waals surface area contributed by atoms with Crippen LogP contribution in [0.25, 0.3) is 0 Å². The number of hydrogen-bond donors (Lipinski definition) is 1. The number of benzene rings is 3. The molecule has 0 bridgehead atoms. The zero-order valence-corrected chi connectivity index (χ0v) is 23.7. The van der Waals surface area contributed by atoms with Gasteiger partial charge in [0.15, 0.2) is 0 Å². The molecule has 1 N–H and O–H groups in total. The maximum atomic E-state index is 13.9. The molecule has 0 unspecified atom stereocenters. The van der Waals surface area contributed by atoms with E-state index < -0.39 is 28.5 Å². The summed E-state index contributed by atoms with van der Waals surface area (Å²) in [6, 6.07) is 21.1. The highest BCUT2D eigenvalue weighted by Crippen LogP contribution is 2.26. The quantitative estimate of drug-likeness (QED) is 0.359. The Morgan fingerprint density at radius 2 is 1.58 bits per heavy atom. The van der Waals surface area contributed by atoms with Gasteiger partial charge in [0.25, 0.3) is 10.0 Å². The van der Waals surface area contributed by atoms with Gasteiger partial charge in [-0.25, -0.2) is 8.42 Å².